The lowest BCUT2D eigenvalue weighted by atomic mass is 10.2. The summed E-state index contributed by atoms with van der Waals surface area (Å²) in [5.74, 6) is 3.46. The molecule has 0 saturated carbocycles. The molecule has 0 radical (unpaired) electrons. The smallest absolute Gasteiger partial charge is 0.266 e. The molecule has 0 spiro atoms. The zero-order chi connectivity index (χ0) is 17.7. The van der Waals surface area contributed by atoms with Crippen LogP contribution in [-0.4, -0.2) is 35.4 Å². The van der Waals surface area contributed by atoms with E-state index in [1.165, 1.54) is 16.7 Å². The number of thioether (sulfide) groups is 1. The Morgan fingerprint density at radius 1 is 1.54 bits per heavy atom. The van der Waals surface area contributed by atoms with Gasteiger partial charge in [0.2, 0.25) is 0 Å². The first kappa shape index (κ1) is 18.8. The highest BCUT2D eigenvalue weighted by Crippen LogP contribution is 2.37. The van der Waals surface area contributed by atoms with Crippen molar-refractivity contribution in [3.8, 4) is 23.8 Å². The number of methoxy groups -OCH3 is 1. The van der Waals surface area contributed by atoms with Crippen LogP contribution in [0.15, 0.2) is 29.7 Å². The predicted octanol–water partition coefficient (Wildman–Crippen LogP) is 3.70. The molecule has 0 atom stereocenters. The van der Waals surface area contributed by atoms with Crippen LogP contribution in [0.2, 0.25) is 0 Å². The molecule has 0 N–H and O–H groups in total. The van der Waals surface area contributed by atoms with Crippen molar-refractivity contribution in [1.82, 2.24) is 4.90 Å². The van der Waals surface area contributed by atoms with Crippen LogP contribution >= 0.6 is 46.6 Å². The Kier molecular flexibility index (Phi) is 6.71. The molecule has 124 valence electrons. The summed E-state index contributed by atoms with van der Waals surface area (Å²) in [6, 6.07) is 3.70. The van der Waals surface area contributed by atoms with Crippen LogP contribution in [0.5, 0.6) is 11.5 Å². The highest BCUT2D eigenvalue weighted by atomic mass is 127. The molecule has 1 aliphatic rings. The third-order valence-electron chi connectivity index (χ3n) is 3.03. The number of rotatable bonds is 6. The Morgan fingerprint density at radius 3 is 2.92 bits per heavy atom. The minimum Gasteiger partial charge on any atom is -0.493 e. The van der Waals surface area contributed by atoms with E-state index in [1.807, 2.05) is 6.07 Å². The van der Waals surface area contributed by atoms with Gasteiger partial charge in [-0.2, -0.15) is 0 Å². The molecule has 7 heteroatoms. The summed E-state index contributed by atoms with van der Waals surface area (Å²) in [5.41, 5.74) is 0.823. The molecule has 0 unspecified atom stereocenters. The summed E-state index contributed by atoms with van der Waals surface area (Å²) < 4.78 is 12.3. The van der Waals surface area contributed by atoms with E-state index in [4.69, 9.17) is 28.1 Å². The highest BCUT2D eigenvalue weighted by Gasteiger charge is 2.31. The lowest BCUT2D eigenvalue weighted by Crippen LogP contribution is -2.27. The van der Waals surface area contributed by atoms with Crippen LogP contribution in [0.25, 0.3) is 6.08 Å². The van der Waals surface area contributed by atoms with Crippen molar-refractivity contribution >= 4 is 62.9 Å². The number of hydrogen-bond donors (Lipinski definition) is 0. The Balaban J connectivity index is 2.35. The number of amides is 1. The predicted molar refractivity (Wildman–Crippen MR) is 110 cm³/mol. The molecular formula is C17H14INO3S2. The van der Waals surface area contributed by atoms with Crippen LogP contribution in [-0.2, 0) is 4.79 Å². The maximum atomic E-state index is 12.4. The Bertz CT molecular complexity index is 768. The summed E-state index contributed by atoms with van der Waals surface area (Å²) in [7, 11) is 1.56. The fourth-order valence-electron chi connectivity index (χ4n) is 2.01. The topological polar surface area (TPSA) is 38.8 Å². The van der Waals surface area contributed by atoms with E-state index in [9.17, 15) is 4.79 Å². The number of carbonyl (C=O) groups excluding carboxylic acids is 1. The van der Waals surface area contributed by atoms with Crippen molar-refractivity contribution in [2.75, 3.05) is 20.3 Å². The van der Waals surface area contributed by atoms with Crippen molar-refractivity contribution in [1.29, 1.82) is 0 Å². The van der Waals surface area contributed by atoms with Crippen LogP contribution in [0.1, 0.15) is 5.56 Å². The van der Waals surface area contributed by atoms with Crippen LogP contribution in [0.4, 0.5) is 0 Å². The number of thiocarbonyl (C=S) groups is 1. The number of benzene rings is 1. The second-order valence-electron chi connectivity index (χ2n) is 4.61. The van der Waals surface area contributed by atoms with Gasteiger partial charge >= 0.3 is 0 Å². The average molecular weight is 471 g/mol. The number of carbonyl (C=O) groups is 1. The maximum Gasteiger partial charge on any atom is 0.266 e. The third-order valence-corrected chi connectivity index (χ3v) is 5.21. The van der Waals surface area contributed by atoms with E-state index in [2.05, 4.69) is 35.1 Å². The first-order valence-electron chi connectivity index (χ1n) is 6.81. The summed E-state index contributed by atoms with van der Waals surface area (Å²) in [4.78, 5) is 14.5. The van der Waals surface area contributed by atoms with Gasteiger partial charge in [0.25, 0.3) is 5.91 Å². The molecule has 4 nitrogen and oxygen atoms in total. The molecule has 1 aromatic rings. The third kappa shape index (κ3) is 4.12. The number of terminal acetylenes is 1. The Morgan fingerprint density at radius 2 is 2.29 bits per heavy atom. The van der Waals surface area contributed by atoms with E-state index in [1.54, 1.807) is 25.3 Å². The number of halogens is 1. The second kappa shape index (κ2) is 8.55. The first-order valence-corrected chi connectivity index (χ1v) is 9.12. The van der Waals surface area contributed by atoms with E-state index in [0.717, 1.165) is 9.13 Å². The van der Waals surface area contributed by atoms with Gasteiger partial charge in [0.1, 0.15) is 10.9 Å². The maximum absolute atomic E-state index is 12.4. The van der Waals surface area contributed by atoms with Gasteiger partial charge in [0.15, 0.2) is 11.5 Å². The average Bonchev–Trinajstić information content (AvgIpc) is 2.81. The zero-order valence-corrected chi connectivity index (χ0v) is 16.7. The van der Waals surface area contributed by atoms with E-state index < -0.39 is 0 Å². The highest BCUT2D eigenvalue weighted by molar-refractivity contribution is 14.1. The molecule has 1 heterocycles. The molecular weight excluding hydrogens is 457 g/mol. The van der Waals surface area contributed by atoms with Gasteiger partial charge in [-0.25, -0.2) is 0 Å². The summed E-state index contributed by atoms with van der Waals surface area (Å²) in [6.45, 7) is 4.21. The lowest BCUT2D eigenvalue weighted by molar-refractivity contribution is -0.121. The molecule has 0 aromatic heterocycles. The van der Waals surface area contributed by atoms with E-state index in [0.29, 0.717) is 27.3 Å². The van der Waals surface area contributed by atoms with Gasteiger partial charge < -0.3 is 9.47 Å². The van der Waals surface area contributed by atoms with Gasteiger partial charge in [-0.1, -0.05) is 36.0 Å². The molecule has 1 fully saturated rings. The molecule has 0 aliphatic carbocycles. The largest absolute Gasteiger partial charge is 0.493 e. The van der Waals surface area contributed by atoms with E-state index >= 15 is 0 Å². The minimum absolute atomic E-state index is 0.119. The summed E-state index contributed by atoms with van der Waals surface area (Å²) in [6.07, 6.45) is 8.67. The van der Waals surface area contributed by atoms with Gasteiger partial charge in [-0.3, -0.25) is 9.69 Å². The number of hydrogen-bond acceptors (Lipinski definition) is 5. The first-order chi connectivity index (χ1) is 11.5. The van der Waals surface area contributed by atoms with Crippen LogP contribution in [0, 0.1) is 15.9 Å². The Labute approximate surface area is 164 Å². The molecule has 1 amide bonds. The second-order valence-corrected chi connectivity index (χ2v) is 7.45. The van der Waals surface area contributed by atoms with Gasteiger partial charge in [-0.05, 0) is 46.4 Å². The summed E-state index contributed by atoms with van der Waals surface area (Å²) >= 11 is 8.65. The zero-order valence-electron chi connectivity index (χ0n) is 12.9. The van der Waals surface area contributed by atoms with Crippen molar-refractivity contribution in [2.45, 2.75) is 0 Å². The molecule has 2 rings (SSSR count). The lowest BCUT2D eigenvalue weighted by Gasteiger charge is -2.12. The number of ether oxygens (including phenoxy) is 2. The van der Waals surface area contributed by atoms with Crippen molar-refractivity contribution in [3.05, 3.63) is 38.8 Å². The van der Waals surface area contributed by atoms with Crippen molar-refractivity contribution in [3.63, 3.8) is 0 Å². The van der Waals surface area contributed by atoms with Crippen LogP contribution < -0.4 is 9.47 Å². The van der Waals surface area contributed by atoms with Crippen molar-refractivity contribution in [2.24, 2.45) is 0 Å². The number of nitrogens with zero attached hydrogens (tertiary/aromatic N) is 1. The monoisotopic (exact) mass is 471 g/mol. The SMILES string of the molecule is C#CCOc1c(I)cc(/C=C2\SC(=S)N(CC=C)C2=O)cc1OC. The molecule has 0 bridgehead atoms. The Hall–Kier alpha value is -1.50. The molecule has 1 aromatic carbocycles. The van der Waals surface area contributed by atoms with Gasteiger partial charge in [0.05, 0.1) is 15.6 Å². The molecule has 24 heavy (non-hydrogen) atoms. The fourth-order valence-corrected chi connectivity index (χ4v) is 4.07. The minimum atomic E-state index is -0.119. The quantitative estimate of drug-likeness (QED) is 0.208. The van der Waals surface area contributed by atoms with Gasteiger partial charge in [-0.15, -0.1) is 13.0 Å². The molecule has 1 aliphatic heterocycles. The normalized spacial score (nSPS) is 15.5. The van der Waals surface area contributed by atoms with Crippen molar-refractivity contribution < 1.29 is 14.3 Å². The fraction of sp³-hybridized carbons (Fsp3) is 0.176. The van der Waals surface area contributed by atoms with E-state index in [-0.39, 0.29) is 12.5 Å². The van der Waals surface area contributed by atoms with Gasteiger partial charge in [0, 0.05) is 6.54 Å². The summed E-state index contributed by atoms with van der Waals surface area (Å²) in [5, 5.41) is 0. The van der Waals surface area contributed by atoms with Crippen LogP contribution in [0.3, 0.4) is 0 Å². The standard InChI is InChI=1S/C17H14INO3S2/c1-4-6-19-16(20)14(24-17(19)23)10-11-8-12(18)15(22-7-5-2)13(9-11)21-3/h2,4,8-10H,1,6-7H2,3H3/b14-10-. The molecule has 1 saturated heterocycles.